The van der Waals surface area contributed by atoms with Gasteiger partial charge in [0.15, 0.2) is 5.69 Å². The van der Waals surface area contributed by atoms with Crippen LogP contribution in [0.3, 0.4) is 0 Å². The number of carbonyl (C=O) groups excluding carboxylic acids is 2. The average Bonchev–Trinajstić information content (AvgIpc) is 2.94. The number of para-hydroxylation sites is 1. The van der Waals surface area contributed by atoms with Gasteiger partial charge in [-0.25, -0.2) is 9.07 Å². The van der Waals surface area contributed by atoms with Crippen LogP contribution in [0.1, 0.15) is 51.4 Å². The van der Waals surface area contributed by atoms with Crippen LogP contribution in [-0.4, -0.2) is 21.6 Å². The summed E-state index contributed by atoms with van der Waals surface area (Å²) < 4.78 is 14.8. The van der Waals surface area contributed by atoms with Gasteiger partial charge in [0.05, 0.1) is 5.69 Å². The molecule has 1 aromatic heterocycles. The molecular formula is C22H21FN4O2. The Kier molecular flexibility index (Phi) is 5.37. The fourth-order valence-electron chi connectivity index (χ4n) is 3.59. The van der Waals surface area contributed by atoms with Crippen molar-refractivity contribution in [3.8, 4) is 5.69 Å². The molecule has 6 nitrogen and oxygen atoms in total. The molecule has 1 aliphatic rings. The molecule has 7 heteroatoms. The minimum absolute atomic E-state index is 0.250. The molecular weight excluding hydrogens is 371 g/mol. The molecule has 0 aliphatic heterocycles. The smallest absolute Gasteiger partial charge is 0.267 e. The summed E-state index contributed by atoms with van der Waals surface area (Å²) in [6.45, 7) is 0. The zero-order chi connectivity index (χ0) is 20.2. The van der Waals surface area contributed by atoms with Gasteiger partial charge in [0, 0.05) is 16.8 Å². The number of hydrogen-bond acceptors (Lipinski definition) is 3. The Morgan fingerprint density at radius 1 is 0.862 bits per heavy atom. The molecule has 0 saturated heterocycles. The second-order valence-electron chi connectivity index (χ2n) is 7.00. The third kappa shape index (κ3) is 4.03. The number of aromatic nitrogens is 2. The summed E-state index contributed by atoms with van der Waals surface area (Å²) in [5, 5.41) is 4.57. The first-order valence-corrected chi connectivity index (χ1v) is 9.66. The Morgan fingerprint density at radius 3 is 2.31 bits per heavy atom. The number of halogens is 1. The van der Waals surface area contributed by atoms with E-state index in [-0.39, 0.29) is 5.56 Å². The Morgan fingerprint density at radius 2 is 1.55 bits per heavy atom. The van der Waals surface area contributed by atoms with Gasteiger partial charge in [0.2, 0.25) is 0 Å². The van der Waals surface area contributed by atoms with E-state index in [9.17, 15) is 14.0 Å². The summed E-state index contributed by atoms with van der Waals surface area (Å²) in [6, 6.07) is 14.8. The van der Waals surface area contributed by atoms with E-state index in [2.05, 4.69) is 16.0 Å². The Hall–Kier alpha value is -3.48. The summed E-state index contributed by atoms with van der Waals surface area (Å²) in [7, 11) is 0. The lowest BCUT2D eigenvalue weighted by molar-refractivity contribution is 0.0843. The number of nitrogens with zero attached hydrogens (tertiary/aromatic N) is 2. The number of amides is 2. The predicted octanol–water partition coefficient (Wildman–Crippen LogP) is 3.36. The highest BCUT2D eigenvalue weighted by Gasteiger charge is 2.25. The van der Waals surface area contributed by atoms with E-state index in [1.54, 1.807) is 0 Å². The van der Waals surface area contributed by atoms with Crippen molar-refractivity contribution in [2.75, 3.05) is 0 Å². The van der Waals surface area contributed by atoms with E-state index >= 15 is 0 Å². The summed E-state index contributed by atoms with van der Waals surface area (Å²) in [5.74, 6) is -1.42. The van der Waals surface area contributed by atoms with Crippen molar-refractivity contribution < 1.29 is 14.0 Å². The number of hydrazine groups is 1. The molecule has 0 atom stereocenters. The molecule has 2 N–H and O–H groups in total. The number of carbonyl (C=O) groups is 2. The van der Waals surface area contributed by atoms with Crippen molar-refractivity contribution in [3.05, 3.63) is 82.9 Å². The molecule has 1 aliphatic carbocycles. The quantitative estimate of drug-likeness (QED) is 0.530. The zero-order valence-corrected chi connectivity index (χ0v) is 15.8. The first kappa shape index (κ1) is 18.9. The largest absolute Gasteiger partial charge is 0.290 e. The predicted molar refractivity (Wildman–Crippen MR) is 106 cm³/mol. The van der Waals surface area contributed by atoms with Crippen LogP contribution in [0.25, 0.3) is 5.69 Å². The molecule has 0 saturated carbocycles. The Balaban J connectivity index is 1.57. The summed E-state index contributed by atoms with van der Waals surface area (Å²) in [6.07, 6.45) is 4.78. The normalized spacial score (nSPS) is 13.3. The van der Waals surface area contributed by atoms with Crippen molar-refractivity contribution >= 4 is 11.8 Å². The van der Waals surface area contributed by atoms with Gasteiger partial charge in [0.25, 0.3) is 11.8 Å². The van der Waals surface area contributed by atoms with Crippen molar-refractivity contribution in [1.29, 1.82) is 0 Å². The molecule has 3 aromatic rings. The SMILES string of the molecule is O=C(NNC(=O)c1nn(-c2ccccc2)c2c1CCCCC2)c1ccc(F)cc1. The van der Waals surface area contributed by atoms with Gasteiger partial charge < -0.3 is 0 Å². The molecule has 0 radical (unpaired) electrons. The van der Waals surface area contributed by atoms with Crippen LogP contribution in [-0.2, 0) is 12.8 Å². The van der Waals surface area contributed by atoms with Crippen LogP contribution in [0.2, 0.25) is 0 Å². The highest BCUT2D eigenvalue weighted by Crippen LogP contribution is 2.26. The maximum atomic E-state index is 13.0. The van der Waals surface area contributed by atoms with Crippen LogP contribution in [0.15, 0.2) is 54.6 Å². The van der Waals surface area contributed by atoms with E-state index in [1.807, 2.05) is 35.0 Å². The summed E-state index contributed by atoms with van der Waals surface area (Å²) in [4.78, 5) is 25.0. The molecule has 29 heavy (non-hydrogen) atoms. The lowest BCUT2D eigenvalue weighted by atomic mass is 10.1. The summed E-state index contributed by atoms with van der Waals surface area (Å²) in [5.41, 5.74) is 8.27. The number of benzene rings is 2. The van der Waals surface area contributed by atoms with Crippen LogP contribution in [0.5, 0.6) is 0 Å². The van der Waals surface area contributed by atoms with E-state index in [1.165, 1.54) is 24.3 Å². The highest BCUT2D eigenvalue weighted by atomic mass is 19.1. The van der Waals surface area contributed by atoms with Gasteiger partial charge in [-0.3, -0.25) is 20.4 Å². The molecule has 0 unspecified atom stereocenters. The minimum atomic E-state index is -0.521. The third-order valence-corrected chi connectivity index (χ3v) is 5.04. The van der Waals surface area contributed by atoms with Crippen LogP contribution < -0.4 is 10.9 Å². The van der Waals surface area contributed by atoms with Crippen molar-refractivity contribution in [1.82, 2.24) is 20.6 Å². The maximum Gasteiger partial charge on any atom is 0.290 e. The molecule has 2 amide bonds. The van der Waals surface area contributed by atoms with E-state index in [0.29, 0.717) is 5.69 Å². The second-order valence-corrected chi connectivity index (χ2v) is 7.00. The van der Waals surface area contributed by atoms with Gasteiger partial charge in [-0.05, 0) is 62.1 Å². The van der Waals surface area contributed by atoms with Gasteiger partial charge in [-0.1, -0.05) is 24.6 Å². The molecule has 1 heterocycles. The first-order valence-electron chi connectivity index (χ1n) is 9.66. The van der Waals surface area contributed by atoms with Gasteiger partial charge >= 0.3 is 0 Å². The fraction of sp³-hybridized carbons (Fsp3) is 0.227. The van der Waals surface area contributed by atoms with E-state index in [0.717, 1.165) is 49.0 Å². The molecule has 0 bridgehead atoms. The van der Waals surface area contributed by atoms with Gasteiger partial charge in [-0.2, -0.15) is 5.10 Å². The van der Waals surface area contributed by atoms with Crippen LogP contribution in [0.4, 0.5) is 4.39 Å². The minimum Gasteiger partial charge on any atom is -0.267 e. The van der Waals surface area contributed by atoms with Gasteiger partial charge in [-0.15, -0.1) is 0 Å². The Labute approximate surface area is 167 Å². The Bertz CT molecular complexity index is 1030. The summed E-state index contributed by atoms with van der Waals surface area (Å²) >= 11 is 0. The number of nitrogens with one attached hydrogen (secondary N) is 2. The molecule has 0 fully saturated rings. The number of hydrogen-bond donors (Lipinski definition) is 2. The van der Waals surface area contributed by atoms with Gasteiger partial charge in [0.1, 0.15) is 5.82 Å². The molecule has 0 spiro atoms. The fourth-order valence-corrected chi connectivity index (χ4v) is 3.59. The first-order chi connectivity index (χ1) is 14.1. The molecule has 4 rings (SSSR count). The number of fused-ring (bicyclic) bond motifs is 1. The number of rotatable bonds is 3. The van der Waals surface area contributed by atoms with Crippen molar-refractivity contribution in [2.45, 2.75) is 32.1 Å². The average molecular weight is 392 g/mol. The maximum absolute atomic E-state index is 13.0. The van der Waals surface area contributed by atoms with E-state index < -0.39 is 17.6 Å². The van der Waals surface area contributed by atoms with Crippen LogP contribution >= 0.6 is 0 Å². The zero-order valence-electron chi connectivity index (χ0n) is 15.8. The van der Waals surface area contributed by atoms with Crippen molar-refractivity contribution in [3.63, 3.8) is 0 Å². The highest BCUT2D eigenvalue weighted by molar-refractivity contribution is 5.99. The monoisotopic (exact) mass is 392 g/mol. The lowest BCUT2D eigenvalue weighted by Crippen LogP contribution is -2.42. The molecule has 2 aromatic carbocycles. The molecule has 148 valence electrons. The standard InChI is InChI=1S/C22H21FN4O2/c23-16-13-11-15(12-14-16)21(28)24-25-22(29)20-18-9-5-2-6-10-19(18)27(26-20)17-7-3-1-4-8-17/h1,3-4,7-8,11-14H,2,5-6,9-10H2,(H,24,28)(H,25,29). The topological polar surface area (TPSA) is 76.0 Å². The lowest BCUT2D eigenvalue weighted by Gasteiger charge is -2.07. The second kappa shape index (κ2) is 8.26. The van der Waals surface area contributed by atoms with Crippen molar-refractivity contribution in [2.24, 2.45) is 0 Å². The van der Waals surface area contributed by atoms with Crippen LogP contribution in [0, 0.1) is 5.82 Å². The van der Waals surface area contributed by atoms with E-state index in [4.69, 9.17) is 0 Å². The third-order valence-electron chi connectivity index (χ3n) is 5.04.